The van der Waals surface area contributed by atoms with Crippen molar-refractivity contribution in [3.8, 4) is 11.5 Å². The first-order valence-corrected chi connectivity index (χ1v) is 15.2. The Kier molecular flexibility index (Phi) is 7.72. The van der Waals surface area contributed by atoms with Crippen molar-refractivity contribution in [3.05, 3.63) is 23.0 Å². The van der Waals surface area contributed by atoms with E-state index in [1.54, 1.807) is 12.1 Å². The topological polar surface area (TPSA) is 79.9 Å². The molecule has 30 heavy (non-hydrogen) atoms. The fourth-order valence-corrected chi connectivity index (χ4v) is 4.64. The Labute approximate surface area is 185 Å². The normalized spacial score (nSPS) is 12.7. The standard InChI is InChI=1S/C20H30ClN5O2SSi/c1-15(2)12-25(13-16(3)4)14-22-29(27,28)20-19(21)23-18-9-8-17(24-26(18)20)10-11-30(5,6)7/h8-9,14-16H,12-13H2,1-7H3/b22-14+. The molecule has 10 heteroatoms. The van der Waals surface area contributed by atoms with Crippen molar-refractivity contribution in [2.75, 3.05) is 13.1 Å². The quantitative estimate of drug-likeness (QED) is 0.266. The summed E-state index contributed by atoms with van der Waals surface area (Å²) < 4.78 is 31.1. The molecule has 0 spiro atoms. The van der Waals surface area contributed by atoms with E-state index < -0.39 is 18.1 Å². The molecular formula is C20H30ClN5O2SSi. The molecule has 0 aliphatic carbocycles. The van der Waals surface area contributed by atoms with Crippen molar-refractivity contribution in [1.29, 1.82) is 0 Å². The highest BCUT2D eigenvalue weighted by Gasteiger charge is 2.25. The smallest absolute Gasteiger partial charge is 0.304 e. The second-order valence-electron chi connectivity index (χ2n) is 9.13. The molecule has 2 aromatic rings. The Bertz CT molecular complexity index is 1080. The van der Waals surface area contributed by atoms with Gasteiger partial charge in [0.25, 0.3) is 0 Å². The summed E-state index contributed by atoms with van der Waals surface area (Å²) in [6.07, 6.45) is 1.37. The van der Waals surface area contributed by atoms with Gasteiger partial charge in [-0.1, -0.05) is 64.9 Å². The molecule has 7 nitrogen and oxygen atoms in total. The van der Waals surface area contributed by atoms with Gasteiger partial charge in [0.1, 0.15) is 20.1 Å². The summed E-state index contributed by atoms with van der Waals surface area (Å²) in [4.78, 5) is 6.02. The summed E-state index contributed by atoms with van der Waals surface area (Å²) in [5.41, 5.74) is 4.00. The van der Waals surface area contributed by atoms with E-state index in [0.29, 0.717) is 36.3 Å². The molecule has 0 aromatic carbocycles. The van der Waals surface area contributed by atoms with Crippen LogP contribution in [-0.2, 0) is 10.0 Å². The van der Waals surface area contributed by atoms with Crippen LogP contribution in [0, 0.1) is 23.3 Å². The third-order valence-corrected chi connectivity index (χ3v) is 6.23. The van der Waals surface area contributed by atoms with Gasteiger partial charge < -0.3 is 4.90 Å². The van der Waals surface area contributed by atoms with Gasteiger partial charge in [-0.15, -0.1) is 9.94 Å². The fraction of sp³-hybridized carbons (Fsp3) is 0.550. The van der Waals surface area contributed by atoms with Crippen molar-refractivity contribution in [2.24, 2.45) is 16.2 Å². The Morgan fingerprint density at radius 3 is 2.33 bits per heavy atom. The molecule has 164 valence electrons. The minimum Gasteiger partial charge on any atom is -0.361 e. The first-order valence-electron chi connectivity index (χ1n) is 9.91. The lowest BCUT2D eigenvalue weighted by atomic mass is 10.1. The number of imidazole rings is 1. The van der Waals surface area contributed by atoms with Crippen LogP contribution in [0.5, 0.6) is 0 Å². The molecule has 0 radical (unpaired) electrons. The third kappa shape index (κ3) is 6.82. The number of aromatic nitrogens is 3. The van der Waals surface area contributed by atoms with Crippen molar-refractivity contribution < 1.29 is 8.42 Å². The van der Waals surface area contributed by atoms with Crippen LogP contribution in [0.2, 0.25) is 24.8 Å². The van der Waals surface area contributed by atoms with E-state index in [4.69, 9.17) is 11.6 Å². The van der Waals surface area contributed by atoms with Gasteiger partial charge in [-0.2, -0.15) is 18.0 Å². The Morgan fingerprint density at radius 1 is 1.20 bits per heavy atom. The molecule has 0 unspecified atom stereocenters. The number of fused-ring (bicyclic) bond motifs is 1. The van der Waals surface area contributed by atoms with Crippen LogP contribution in [-0.4, -0.2) is 55.4 Å². The van der Waals surface area contributed by atoms with Crippen LogP contribution < -0.4 is 0 Å². The molecule has 0 atom stereocenters. The lowest BCUT2D eigenvalue weighted by Gasteiger charge is -2.23. The zero-order valence-corrected chi connectivity index (χ0v) is 21.2. The highest BCUT2D eigenvalue weighted by Crippen LogP contribution is 2.23. The van der Waals surface area contributed by atoms with Crippen LogP contribution in [0.4, 0.5) is 0 Å². The van der Waals surface area contributed by atoms with E-state index in [-0.39, 0.29) is 10.2 Å². The van der Waals surface area contributed by atoms with Crippen LogP contribution in [0.1, 0.15) is 33.4 Å². The molecule has 0 aliphatic heterocycles. The Hall–Kier alpha value is -1.89. The van der Waals surface area contributed by atoms with E-state index in [1.807, 2.05) is 4.90 Å². The summed E-state index contributed by atoms with van der Waals surface area (Å²) in [6.45, 7) is 16.1. The Morgan fingerprint density at radius 2 is 1.80 bits per heavy atom. The van der Waals surface area contributed by atoms with E-state index in [1.165, 1.54) is 10.9 Å². The SMILES string of the molecule is CC(C)CN(/C=N/S(=O)(=O)c1c(Cl)nc2ccc(C#C[Si](C)(C)C)nn12)CC(C)C. The van der Waals surface area contributed by atoms with Gasteiger partial charge in [0.2, 0.25) is 5.03 Å². The molecule has 0 amide bonds. The highest BCUT2D eigenvalue weighted by atomic mass is 35.5. The summed E-state index contributed by atoms with van der Waals surface area (Å²) in [7, 11) is -5.71. The predicted octanol–water partition coefficient (Wildman–Crippen LogP) is 3.94. The van der Waals surface area contributed by atoms with Gasteiger partial charge >= 0.3 is 10.0 Å². The molecule has 0 saturated heterocycles. The van der Waals surface area contributed by atoms with Crippen molar-refractivity contribution in [3.63, 3.8) is 0 Å². The van der Waals surface area contributed by atoms with E-state index in [0.717, 1.165) is 0 Å². The first-order chi connectivity index (χ1) is 13.8. The fourth-order valence-electron chi connectivity index (χ4n) is 2.71. The van der Waals surface area contributed by atoms with Crippen molar-refractivity contribution >= 4 is 41.7 Å². The molecule has 2 aromatic heterocycles. The maximum Gasteiger partial charge on any atom is 0.304 e. The molecular weight excluding hydrogens is 438 g/mol. The summed E-state index contributed by atoms with van der Waals surface area (Å²) in [6, 6.07) is 3.36. The van der Waals surface area contributed by atoms with Gasteiger partial charge in [-0.3, -0.25) is 0 Å². The van der Waals surface area contributed by atoms with Crippen LogP contribution in [0.3, 0.4) is 0 Å². The molecule has 0 N–H and O–H groups in total. The average molecular weight is 468 g/mol. The first kappa shape index (κ1) is 24.4. The predicted molar refractivity (Wildman–Crippen MR) is 125 cm³/mol. The number of rotatable bonds is 7. The van der Waals surface area contributed by atoms with Crippen LogP contribution in [0.15, 0.2) is 21.6 Å². The Balaban J connectivity index is 2.48. The molecule has 2 heterocycles. The van der Waals surface area contributed by atoms with Gasteiger partial charge in [0.15, 0.2) is 10.8 Å². The zero-order chi connectivity index (χ0) is 22.7. The zero-order valence-electron chi connectivity index (χ0n) is 18.6. The number of hydrogen-bond acceptors (Lipinski definition) is 4. The third-order valence-electron chi connectivity index (χ3n) is 3.76. The molecule has 0 aliphatic rings. The van der Waals surface area contributed by atoms with Gasteiger partial charge in [-0.05, 0) is 24.0 Å². The van der Waals surface area contributed by atoms with E-state index in [2.05, 4.69) is 73.3 Å². The highest BCUT2D eigenvalue weighted by molar-refractivity contribution is 7.90. The molecule has 0 bridgehead atoms. The summed E-state index contributed by atoms with van der Waals surface area (Å²) in [5.74, 6) is 3.76. The number of hydrogen-bond donors (Lipinski definition) is 0. The van der Waals surface area contributed by atoms with Crippen LogP contribution in [0.25, 0.3) is 5.65 Å². The second-order valence-corrected chi connectivity index (χ2v) is 15.8. The lowest BCUT2D eigenvalue weighted by molar-refractivity contribution is 0.336. The monoisotopic (exact) mass is 467 g/mol. The maximum absolute atomic E-state index is 13.0. The van der Waals surface area contributed by atoms with Gasteiger partial charge in [0, 0.05) is 13.1 Å². The van der Waals surface area contributed by atoms with Gasteiger partial charge in [-0.25, -0.2) is 4.98 Å². The average Bonchev–Trinajstić information content (AvgIpc) is 2.92. The minimum absolute atomic E-state index is 0.158. The van der Waals surface area contributed by atoms with Crippen molar-refractivity contribution in [2.45, 2.75) is 52.4 Å². The van der Waals surface area contributed by atoms with Crippen LogP contribution >= 0.6 is 11.6 Å². The second kappa shape index (κ2) is 9.50. The maximum atomic E-state index is 13.0. The molecule has 0 saturated carbocycles. The number of halogens is 1. The molecule has 0 fully saturated rings. The number of nitrogens with zero attached hydrogens (tertiary/aromatic N) is 5. The van der Waals surface area contributed by atoms with Gasteiger partial charge in [0.05, 0.1) is 0 Å². The molecule has 2 rings (SSSR count). The lowest BCUT2D eigenvalue weighted by Crippen LogP contribution is -2.30. The summed E-state index contributed by atoms with van der Waals surface area (Å²) >= 11 is 6.17. The van der Waals surface area contributed by atoms with E-state index >= 15 is 0 Å². The summed E-state index contributed by atoms with van der Waals surface area (Å²) in [5, 5.41) is 3.93. The largest absolute Gasteiger partial charge is 0.361 e. The van der Waals surface area contributed by atoms with Crippen molar-refractivity contribution in [1.82, 2.24) is 19.5 Å². The number of sulfonamides is 1. The minimum atomic E-state index is -4.11. The van der Waals surface area contributed by atoms with E-state index in [9.17, 15) is 8.42 Å².